The van der Waals surface area contributed by atoms with Crippen LogP contribution in [0.25, 0.3) is 10.9 Å². The van der Waals surface area contributed by atoms with Crippen molar-refractivity contribution in [3.63, 3.8) is 0 Å². The van der Waals surface area contributed by atoms with E-state index in [1.54, 1.807) is 6.07 Å². The Balaban J connectivity index is 2.35. The van der Waals surface area contributed by atoms with Crippen molar-refractivity contribution in [2.45, 2.75) is 27.3 Å². The van der Waals surface area contributed by atoms with Crippen LogP contribution in [-0.2, 0) is 6.54 Å². The molecule has 1 heterocycles. The lowest BCUT2D eigenvalue weighted by molar-refractivity contribution is 0.0685. The number of fused-ring (bicyclic) bond motifs is 1. The molecule has 1 N–H and O–H groups in total. The van der Waals surface area contributed by atoms with Gasteiger partial charge in [0.2, 0.25) is 0 Å². The highest BCUT2D eigenvalue weighted by atomic mass is 28.1. The lowest BCUT2D eigenvalue weighted by Crippen LogP contribution is -2.15. The summed E-state index contributed by atoms with van der Waals surface area (Å²) in [6.45, 7) is 6.30. The van der Waals surface area contributed by atoms with Crippen LogP contribution in [0, 0.1) is 26.6 Å². The highest BCUT2D eigenvalue weighted by Crippen LogP contribution is 2.30. The average molecular weight is 341 g/mol. The van der Waals surface area contributed by atoms with Crippen LogP contribution in [0.5, 0.6) is 0 Å². The zero-order valence-electron chi connectivity index (χ0n) is 14.3. The average Bonchev–Trinajstić information content (AvgIpc) is 2.78. The summed E-state index contributed by atoms with van der Waals surface area (Å²) in [6, 6.07) is 8.47. The van der Waals surface area contributed by atoms with E-state index in [-0.39, 0.29) is 5.82 Å². The van der Waals surface area contributed by atoms with Gasteiger partial charge in [-0.05, 0) is 60.3 Å². The summed E-state index contributed by atoms with van der Waals surface area (Å²) < 4.78 is 15.4. The number of carboxylic acid groups (broad SMARTS) is 1. The zero-order valence-corrected chi connectivity index (χ0v) is 16.3. The molecule has 0 saturated heterocycles. The molecule has 0 aliphatic heterocycles. The number of carboxylic acids is 1. The van der Waals surface area contributed by atoms with Crippen molar-refractivity contribution >= 4 is 32.3 Å². The molecule has 0 aliphatic rings. The van der Waals surface area contributed by atoms with Gasteiger partial charge < -0.3 is 9.67 Å². The number of aromatic nitrogens is 1. The fraction of sp³-hybridized carbons (Fsp3) is 0.211. The van der Waals surface area contributed by atoms with E-state index in [2.05, 4.69) is 13.0 Å². The molecule has 0 atom stereocenters. The normalized spacial score (nSPS) is 11.3. The van der Waals surface area contributed by atoms with Crippen LogP contribution in [0.4, 0.5) is 4.39 Å². The van der Waals surface area contributed by atoms with Crippen molar-refractivity contribution in [1.29, 1.82) is 0 Å². The molecular weight excluding hydrogens is 321 g/mol. The second-order valence-corrected chi connectivity index (χ2v) is 7.43. The first kappa shape index (κ1) is 16.5. The van der Waals surface area contributed by atoms with Crippen molar-refractivity contribution in [2.24, 2.45) is 0 Å². The maximum absolute atomic E-state index is 13.5. The Morgan fingerprint density at radius 1 is 1.21 bits per heavy atom. The fourth-order valence-electron chi connectivity index (χ4n) is 3.56. The van der Waals surface area contributed by atoms with Gasteiger partial charge >= 0.3 is 5.97 Å². The van der Waals surface area contributed by atoms with Crippen LogP contribution >= 0.6 is 0 Å². The number of rotatable bonds is 3. The molecule has 0 spiro atoms. The molecular formula is C19H20FNO2Si. The SMILES string of the molecule is Cc1cc([SiH3])c2c(c1C)c(C)c(C(=O)O)n2Cc1cccc(F)c1. The quantitative estimate of drug-likeness (QED) is 0.744. The van der Waals surface area contributed by atoms with Gasteiger partial charge in [-0.25, -0.2) is 9.18 Å². The number of nitrogens with zero attached hydrogens (tertiary/aromatic N) is 1. The third-order valence-corrected chi connectivity index (χ3v) is 5.47. The van der Waals surface area contributed by atoms with Crippen molar-refractivity contribution in [3.05, 3.63) is 64.1 Å². The van der Waals surface area contributed by atoms with Gasteiger partial charge in [0.1, 0.15) is 11.5 Å². The first-order valence-electron chi connectivity index (χ1n) is 7.88. The molecule has 3 nitrogen and oxygen atoms in total. The summed E-state index contributed by atoms with van der Waals surface area (Å²) in [5.41, 5.74) is 5.10. The molecule has 124 valence electrons. The minimum absolute atomic E-state index is 0.292. The highest BCUT2D eigenvalue weighted by Gasteiger charge is 2.23. The zero-order chi connectivity index (χ0) is 17.6. The van der Waals surface area contributed by atoms with Crippen LogP contribution in [0.1, 0.15) is 32.7 Å². The van der Waals surface area contributed by atoms with E-state index in [9.17, 15) is 14.3 Å². The van der Waals surface area contributed by atoms with Gasteiger partial charge in [0.15, 0.2) is 0 Å². The van der Waals surface area contributed by atoms with Crippen molar-refractivity contribution < 1.29 is 14.3 Å². The van der Waals surface area contributed by atoms with E-state index in [1.807, 2.05) is 24.5 Å². The Labute approximate surface area is 143 Å². The Bertz CT molecular complexity index is 975. The molecule has 3 rings (SSSR count). The lowest BCUT2D eigenvalue weighted by Gasteiger charge is -2.12. The predicted octanol–water partition coefficient (Wildman–Crippen LogP) is 2.44. The fourth-order valence-corrected chi connectivity index (χ4v) is 4.52. The second-order valence-electron chi connectivity index (χ2n) is 6.35. The number of aryl methyl sites for hydroxylation is 3. The lowest BCUT2D eigenvalue weighted by atomic mass is 10.0. The van der Waals surface area contributed by atoms with Gasteiger partial charge in [-0.1, -0.05) is 18.2 Å². The van der Waals surface area contributed by atoms with Crippen LogP contribution < -0.4 is 5.19 Å². The van der Waals surface area contributed by atoms with Crippen molar-refractivity contribution in [3.8, 4) is 0 Å². The Morgan fingerprint density at radius 3 is 2.54 bits per heavy atom. The van der Waals surface area contributed by atoms with Gasteiger partial charge in [-0.3, -0.25) is 0 Å². The molecule has 3 aromatic rings. The van der Waals surface area contributed by atoms with E-state index in [0.717, 1.165) is 37.8 Å². The predicted molar refractivity (Wildman–Crippen MR) is 98.2 cm³/mol. The van der Waals surface area contributed by atoms with Crippen LogP contribution in [-0.4, -0.2) is 25.9 Å². The number of hydrogen-bond acceptors (Lipinski definition) is 1. The van der Waals surface area contributed by atoms with E-state index in [4.69, 9.17) is 0 Å². The molecule has 0 amide bonds. The van der Waals surface area contributed by atoms with Crippen LogP contribution in [0.2, 0.25) is 0 Å². The van der Waals surface area contributed by atoms with Crippen LogP contribution in [0.15, 0.2) is 30.3 Å². The van der Waals surface area contributed by atoms with E-state index >= 15 is 0 Å². The van der Waals surface area contributed by atoms with Gasteiger partial charge in [-0.2, -0.15) is 0 Å². The molecule has 5 heteroatoms. The smallest absolute Gasteiger partial charge is 0.352 e. The molecule has 1 aromatic heterocycles. The Kier molecular flexibility index (Phi) is 4.05. The molecule has 0 unspecified atom stereocenters. The van der Waals surface area contributed by atoms with Gasteiger partial charge in [0.25, 0.3) is 0 Å². The van der Waals surface area contributed by atoms with Gasteiger partial charge in [0.05, 0.1) is 0 Å². The molecule has 0 radical (unpaired) electrons. The summed E-state index contributed by atoms with van der Waals surface area (Å²) in [7, 11) is 0.817. The summed E-state index contributed by atoms with van der Waals surface area (Å²) in [6.07, 6.45) is 0. The summed E-state index contributed by atoms with van der Waals surface area (Å²) in [5.74, 6) is -1.26. The third-order valence-electron chi connectivity index (χ3n) is 4.71. The molecule has 0 aliphatic carbocycles. The number of hydrogen-bond donors (Lipinski definition) is 1. The minimum atomic E-state index is -0.946. The molecule has 24 heavy (non-hydrogen) atoms. The number of carbonyl (C=O) groups is 1. The first-order valence-corrected chi connectivity index (χ1v) is 8.88. The Morgan fingerprint density at radius 2 is 1.92 bits per heavy atom. The standard InChI is InChI=1S/C19H20FNO2Si/c1-10-7-15(24)18-16(11(10)2)12(3)17(19(22)23)21(18)9-13-5-4-6-14(20)8-13/h4-8H,9H2,1-3,24H3,(H,22,23). The largest absolute Gasteiger partial charge is 0.477 e. The van der Waals surface area contributed by atoms with E-state index < -0.39 is 5.97 Å². The molecule has 0 bridgehead atoms. The van der Waals surface area contributed by atoms with E-state index in [0.29, 0.717) is 12.2 Å². The summed E-state index contributed by atoms with van der Waals surface area (Å²) >= 11 is 0. The first-order chi connectivity index (χ1) is 11.3. The van der Waals surface area contributed by atoms with Crippen molar-refractivity contribution in [2.75, 3.05) is 0 Å². The highest BCUT2D eigenvalue weighted by molar-refractivity contribution is 6.39. The number of halogens is 1. The van der Waals surface area contributed by atoms with Gasteiger partial charge in [0, 0.05) is 27.7 Å². The van der Waals surface area contributed by atoms with Crippen LogP contribution in [0.3, 0.4) is 0 Å². The van der Waals surface area contributed by atoms with Crippen molar-refractivity contribution in [1.82, 2.24) is 4.57 Å². The Hall–Kier alpha value is -2.40. The monoisotopic (exact) mass is 341 g/mol. The summed E-state index contributed by atoms with van der Waals surface area (Å²) in [5, 5.41) is 11.9. The maximum Gasteiger partial charge on any atom is 0.352 e. The minimum Gasteiger partial charge on any atom is -0.477 e. The number of benzene rings is 2. The number of aromatic carboxylic acids is 1. The van der Waals surface area contributed by atoms with E-state index in [1.165, 1.54) is 22.9 Å². The maximum atomic E-state index is 13.5. The molecule has 0 fully saturated rings. The van der Waals surface area contributed by atoms with Gasteiger partial charge in [-0.15, -0.1) is 0 Å². The summed E-state index contributed by atoms with van der Waals surface area (Å²) in [4.78, 5) is 11.9. The molecule has 2 aromatic carbocycles. The third kappa shape index (κ3) is 2.55. The second kappa shape index (κ2) is 5.91. The topological polar surface area (TPSA) is 42.2 Å². The molecule has 0 saturated carbocycles.